The molecule has 3 rings (SSSR count). The smallest absolute Gasteiger partial charge is 0.251 e. The zero-order valence-corrected chi connectivity index (χ0v) is 12.9. The number of amides is 1. The molecule has 0 radical (unpaired) electrons. The molecule has 0 unspecified atom stereocenters. The Morgan fingerprint density at radius 2 is 2.05 bits per heavy atom. The second kappa shape index (κ2) is 7.33. The summed E-state index contributed by atoms with van der Waals surface area (Å²) in [6, 6.07) is 5.63. The molecular weight excluding hydrogens is 276 g/mol. The fraction of sp³-hybridized carbons (Fsp3) is 0.500. The van der Waals surface area contributed by atoms with Crippen molar-refractivity contribution >= 4 is 5.91 Å². The van der Waals surface area contributed by atoms with Crippen LogP contribution >= 0.6 is 0 Å². The lowest BCUT2D eigenvalue weighted by atomic mass is 9.99. The van der Waals surface area contributed by atoms with E-state index in [0.717, 1.165) is 42.9 Å². The van der Waals surface area contributed by atoms with Crippen LogP contribution in [0, 0.1) is 11.8 Å². The molecule has 1 aromatic carbocycles. The molecule has 1 saturated heterocycles. The number of carbonyl (C=O) groups excluding carboxylic acids is 1. The first-order valence-electron chi connectivity index (χ1n) is 8.05. The number of benzene rings is 1. The van der Waals surface area contributed by atoms with E-state index < -0.39 is 0 Å². The highest BCUT2D eigenvalue weighted by Crippen LogP contribution is 2.25. The molecule has 1 fully saturated rings. The largest absolute Gasteiger partial charge is 0.481 e. The third kappa shape index (κ3) is 3.61. The molecule has 22 heavy (non-hydrogen) atoms. The summed E-state index contributed by atoms with van der Waals surface area (Å²) < 4.78 is 5.77. The highest BCUT2D eigenvalue weighted by Gasteiger charge is 2.19. The zero-order valence-electron chi connectivity index (χ0n) is 12.9. The van der Waals surface area contributed by atoms with Crippen LogP contribution in [0.2, 0.25) is 0 Å². The third-order valence-electron chi connectivity index (χ3n) is 4.21. The van der Waals surface area contributed by atoms with E-state index in [1.165, 1.54) is 19.3 Å². The molecule has 116 valence electrons. The Hall–Kier alpha value is -1.99. The summed E-state index contributed by atoms with van der Waals surface area (Å²) in [5, 5.41) is 2.85. The number of rotatable bonds is 3. The molecule has 2 aliphatic rings. The number of hydrogen-bond acceptors (Lipinski definition) is 3. The Labute approximate surface area is 131 Å². The first-order valence-corrected chi connectivity index (χ1v) is 8.05. The minimum Gasteiger partial charge on any atom is -0.481 e. The van der Waals surface area contributed by atoms with Crippen LogP contribution in [0.4, 0.5) is 0 Å². The monoisotopic (exact) mass is 298 g/mol. The Morgan fingerprint density at radius 1 is 1.18 bits per heavy atom. The summed E-state index contributed by atoms with van der Waals surface area (Å²) in [5.41, 5.74) is 1.73. The zero-order chi connectivity index (χ0) is 15.2. The van der Waals surface area contributed by atoms with Gasteiger partial charge in [-0.2, -0.15) is 0 Å². The highest BCUT2D eigenvalue weighted by molar-refractivity contribution is 5.97. The van der Waals surface area contributed by atoms with Gasteiger partial charge in [0.05, 0.1) is 6.54 Å². The van der Waals surface area contributed by atoms with Crippen LogP contribution in [0.25, 0.3) is 0 Å². The Balaban J connectivity index is 1.54. The minimum atomic E-state index is -0.0112. The Bertz CT molecular complexity index is 595. The second-order valence-corrected chi connectivity index (χ2v) is 5.77. The van der Waals surface area contributed by atoms with Gasteiger partial charge in [-0.05, 0) is 44.5 Å². The number of nitrogens with one attached hydrogen (secondary N) is 1. The molecule has 1 aromatic rings. The van der Waals surface area contributed by atoms with Gasteiger partial charge in [0.2, 0.25) is 0 Å². The molecule has 1 N–H and O–H groups in total. The first-order chi connectivity index (χ1) is 10.8. The number of nitrogens with zero attached hydrogens (tertiary/aromatic N) is 1. The molecule has 0 aliphatic carbocycles. The predicted octanol–water partition coefficient (Wildman–Crippen LogP) is 1.84. The van der Waals surface area contributed by atoms with Gasteiger partial charge in [-0.1, -0.05) is 24.3 Å². The fourth-order valence-corrected chi connectivity index (χ4v) is 3.02. The van der Waals surface area contributed by atoms with E-state index in [1.54, 1.807) is 0 Å². The van der Waals surface area contributed by atoms with Gasteiger partial charge >= 0.3 is 0 Å². The van der Waals surface area contributed by atoms with Gasteiger partial charge in [-0.25, -0.2) is 0 Å². The van der Waals surface area contributed by atoms with Gasteiger partial charge in [0, 0.05) is 17.7 Å². The van der Waals surface area contributed by atoms with Crippen molar-refractivity contribution in [2.24, 2.45) is 0 Å². The molecule has 0 saturated carbocycles. The van der Waals surface area contributed by atoms with E-state index in [2.05, 4.69) is 22.1 Å². The van der Waals surface area contributed by atoms with E-state index in [9.17, 15) is 4.79 Å². The Kier molecular flexibility index (Phi) is 4.97. The number of piperidine rings is 1. The van der Waals surface area contributed by atoms with E-state index >= 15 is 0 Å². The van der Waals surface area contributed by atoms with Crippen LogP contribution in [-0.4, -0.2) is 43.6 Å². The van der Waals surface area contributed by atoms with E-state index in [1.807, 2.05) is 18.2 Å². The number of ether oxygens (including phenoxy) is 1. The molecule has 2 aliphatic heterocycles. The summed E-state index contributed by atoms with van der Waals surface area (Å²) in [4.78, 5) is 14.2. The molecule has 0 atom stereocenters. The van der Waals surface area contributed by atoms with Crippen molar-refractivity contribution in [3.63, 3.8) is 0 Å². The maximum Gasteiger partial charge on any atom is 0.251 e. The van der Waals surface area contributed by atoms with Crippen LogP contribution in [-0.2, 0) is 6.42 Å². The third-order valence-corrected chi connectivity index (χ3v) is 4.21. The number of likely N-dealkylation sites (tertiary alicyclic amines) is 1. The topological polar surface area (TPSA) is 41.6 Å². The average Bonchev–Trinajstić information content (AvgIpc) is 2.56. The molecule has 1 amide bonds. The number of hydrogen-bond donors (Lipinski definition) is 1. The standard InChI is InChI=1S/C18H22N2O2/c21-18-16-7-6-8-17(15(16)9-10-19-18)22-14-5-4-13-20-11-2-1-3-12-20/h6-8H,1-3,9-14H2,(H,19,21). The maximum absolute atomic E-state index is 11.8. The highest BCUT2D eigenvalue weighted by atomic mass is 16.5. The van der Waals surface area contributed by atoms with Crippen LogP contribution in [0.15, 0.2) is 18.2 Å². The van der Waals surface area contributed by atoms with Gasteiger partial charge < -0.3 is 10.1 Å². The van der Waals surface area contributed by atoms with Gasteiger partial charge in [-0.15, -0.1) is 0 Å². The second-order valence-electron chi connectivity index (χ2n) is 5.77. The molecule has 0 bridgehead atoms. The van der Waals surface area contributed by atoms with E-state index in [0.29, 0.717) is 13.2 Å². The molecular formula is C18H22N2O2. The van der Waals surface area contributed by atoms with Crippen molar-refractivity contribution in [1.29, 1.82) is 0 Å². The summed E-state index contributed by atoms with van der Waals surface area (Å²) in [7, 11) is 0. The van der Waals surface area contributed by atoms with Gasteiger partial charge in [0.1, 0.15) is 12.4 Å². The lowest BCUT2D eigenvalue weighted by Gasteiger charge is -2.23. The van der Waals surface area contributed by atoms with E-state index in [4.69, 9.17) is 4.74 Å². The van der Waals surface area contributed by atoms with Gasteiger partial charge in [0.25, 0.3) is 5.91 Å². The predicted molar refractivity (Wildman–Crippen MR) is 86.0 cm³/mol. The van der Waals surface area contributed by atoms with Crippen LogP contribution < -0.4 is 10.1 Å². The normalized spacial score (nSPS) is 17.9. The van der Waals surface area contributed by atoms with Crippen molar-refractivity contribution in [2.75, 3.05) is 32.8 Å². The molecule has 4 nitrogen and oxygen atoms in total. The van der Waals surface area contributed by atoms with Crippen LogP contribution in [0.5, 0.6) is 5.75 Å². The van der Waals surface area contributed by atoms with Crippen molar-refractivity contribution in [3.05, 3.63) is 29.3 Å². The molecule has 0 aromatic heterocycles. The lowest BCUT2D eigenvalue weighted by molar-refractivity contribution is 0.0945. The van der Waals surface area contributed by atoms with Crippen molar-refractivity contribution in [2.45, 2.75) is 25.7 Å². The quantitative estimate of drug-likeness (QED) is 0.866. The van der Waals surface area contributed by atoms with Crippen molar-refractivity contribution < 1.29 is 9.53 Å². The van der Waals surface area contributed by atoms with Crippen molar-refractivity contribution in [3.8, 4) is 17.6 Å². The van der Waals surface area contributed by atoms with Crippen LogP contribution in [0.3, 0.4) is 0 Å². The van der Waals surface area contributed by atoms with E-state index in [-0.39, 0.29) is 5.91 Å². The number of carbonyl (C=O) groups is 1. The van der Waals surface area contributed by atoms with Crippen molar-refractivity contribution in [1.82, 2.24) is 10.2 Å². The number of fused-ring (bicyclic) bond motifs is 1. The average molecular weight is 298 g/mol. The fourth-order valence-electron chi connectivity index (χ4n) is 3.02. The lowest BCUT2D eigenvalue weighted by Crippen LogP contribution is -2.32. The van der Waals surface area contributed by atoms with Crippen LogP contribution in [0.1, 0.15) is 35.2 Å². The van der Waals surface area contributed by atoms with Gasteiger partial charge in [0.15, 0.2) is 0 Å². The summed E-state index contributed by atoms with van der Waals surface area (Å²) in [6.07, 6.45) is 4.74. The molecule has 0 spiro atoms. The summed E-state index contributed by atoms with van der Waals surface area (Å²) in [5.74, 6) is 7.05. The first kappa shape index (κ1) is 14.9. The Morgan fingerprint density at radius 3 is 2.91 bits per heavy atom. The molecule has 2 heterocycles. The summed E-state index contributed by atoms with van der Waals surface area (Å²) in [6.45, 7) is 4.21. The minimum absolute atomic E-state index is 0.0112. The SMILES string of the molecule is O=C1NCCc2c(OCC#CCN3CCCCC3)cccc21. The van der Waals surface area contributed by atoms with Gasteiger partial charge in [-0.3, -0.25) is 9.69 Å². The summed E-state index contributed by atoms with van der Waals surface area (Å²) >= 11 is 0. The maximum atomic E-state index is 11.8. The molecule has 4 heteroatoms.